The Kier molecular flexibility index (Phi) is 14.0. The summed E-state index contributed by atoms with van der Waals surface area (Å²) >= 11 is 0. The molecule has 0 aliphatic carbocycles. The fourth-order valence-electron chi connectivity index (χ4n) is 0.263. The fourth-order valence-corrected chi connectivity index (χ4v) is 0.263. The van der Waals surface area contributed by atoms with Crippen LogP contribution in [0.4, 0.5) is 0 Å². The topological polar surface area (TPSA) is 106 Å². The average molecular weight is 252 g/mol. The normalized spacial score (nSPS) is 10.3. The predicted octanol–water partition coefficient (Wildman–Crippen LogP) is -3.60. The molecule has 0 rings (SSSR count). The predicted molar refractivity (Wildman–Crippen MR) is 38.7 cm³/mol. The summed E-state index contributed by atoms with van der Waals surface area (Å²) in [4.78, 5) is 19.3. The van der Waals surface area contributed by atoms with Crippen molar-refractivity contribution in [2.75, 3.05) is 0 Å². The van der Waals surface area contributed by atoms with E-state index in [1.165, 1.54) is 0 Å². The Bertz CT molecular complexity index is 142. The van der Waals surface area contributed by atoms with E-state index in [1.54, 1.807) is 0 Å². The zero-order valence-corrected chi connectivity index (χ0v) is 9.53. The molecule has 0 saturated carbocycles. The molecule has 7 heteroatoms. The molecule has 0 aromatic carbocycles. The molecule has 0 spiro atoms. The van der Waals surface area contributed by atoms with Crippen LogP contribution in [-0.4, -0.2) is 55.7 Å². The van der Waals surface area contributed by atoms with Gasteiger partial charge in [0.25, 0.3) is 0 Å². The van der Waals surface area contributed by atoms with Crippen molar-refractivity contribution in [1.82, 2.24) is 0 Å². The molecule has 0 saturated heterocycles. The summed E-state index contributed by atoms with van der Waals surface area (Å²) < 4.78 is 0. The Hall–Kier alpha value is 0.640. The van der Waals surface area contributed by atoms with Crippen LogP contribution >= 0.6 is 17.0 Å². The van der Waals surface area contributed by atoms with Crippen LogP contribution in [0.15, 0.2) is 0 Å². The van der Waals surface area contributed by atoms with Gasteiger partial charge in [-0.05, 0) is 0 Å². The third kappa shape index (κ3) is 10.6. The van der Waals surface area contributed by atoms with Gasteiger partial charge in [0.2, 0.25) is 0 Å². The van der Waals surface area contributed by atoms with Gasteiger partial charge in [0.05, 0.1) is 5.97 Å². The number of halogens is 1. The van der Waals surface area contributed by atoms with Crippen LogP contribution in [-0.2, 0) is 9.59 Å². The van der Waals surface area contributed by atoms with E-state index in [4.69, 9.17) is 5.73 Å². The van der Waals surface area contributed by atoms with Gasteiger partial charge in [-0.25, -0.2) is 0 Å². The third-order valence-electron chi connectivity index (χ3n) is 0.689. The van der Waals surface area contributed by atoms with Crippen LogP contribution in [0.5, 0.6) is 0 Å². The minimum atomic E-state index is -1.58. The van der Waals surface area contributed by atoms with Crippen molar-refractivity contribution in [3.8, 4) is 0 Å². The van der Waals surface area contributed by atoms with Gasteiger partial charge in [-0.1, -0.05) is 0 Å². The number of hydrogen-bond donors (Lipinski definition) is 1. The first-order valence-corrected chi connectivity index (χ1v) is 2.20. The molecule has 11 heavy (non-hydrogen) atoms. The van der Waals surface area contributed by atoms with Crippen molar-refractivity contribution in [3.05, 3.63) is 0 Å². The maximum absolute atomic E-state index is 9.71. The van der Waals surface area contributed by atoms with Crippen LogP contribution < -0.4 is 15.9 Å². The van der Waals surface area contributed by atoms with Crippen LogP contribution in [0.2, 0.25) is 0 Å². The van der Waals surface area contributed by atoms with Crippen molar-refractivity contribution in [3.63, 3.8) is 0 Å². The molecule has 0 unspecified atom stereocenters. The Morgan fingerprint density at radius 3 is 1.82 bits per heavy atom. The van der Waals surface area contributed by atoms with E-state index < -0.39 is 24.4 Å². The van der Waals surface area contributed by atoms with Gasteiger partial charge in [0.1, 0.15) is 0 Å². The molecule has 60 valence electrons. The first-order chi connectivity index (χ1) is 4.04. The van der Waals surface area contributed by atoms with Crippen LogP contribution in [0, 0.1) is 0 Å². The molecule has 0 heterocycles. The number of carboxylic acid groups (broad SMARTS) is 2. The Balaban J connectivity index is -0.000000320. The van der Waals surface area contributed by atoms with Gasteiger partial charge in [-0.2, -0.15) is 0 Å². The van der Waals surface area contributed by atoms with Crippen molar-refractivity contribution in [1.29, 1.82) is 0 Å². The molecular weight excluding hydrogens is 246 g/mol. The van der Waals surface area contributed by atoms with E-state index in [0.29, 0.717) is 0 Å². The van der Waals surface area contributed by atoms with Gasteiger partial charge in [-0.15, -0.1) is 17.0 Å². The largest absolute Gasteiger partial charge is 2.00 e. The summed E-state index contributed by atoms with van der Waals surface area (Å²) in [6.45, 7) is 0. The second kappa shape index (κ2) is 8.73. The summed E-state index contributed by atoms with van der Waals surface area (Å²) in [5.41, 5.74) is 4.73. The smallest absolute Gasteiger partial charge is 0.550 e. The van der Waals surface area contributed by atoms with E-state index in [-0.39, 0.29) is 54.7 Å². The Morgan fingerprint density at radius 2 is 1.73 bits per heavy atom. The van der Waals surface area contributed by atoms with Gasteiger partial charge >= 0.3 is 37.7 Å². The minimum Gasteiger partial charge on any atom is -0.550 e. The molecule has 5 nitrogen and oxygen atoms in total. The summed E-state index contributed by atoms with van der Waals surface area (Å²) in [7, 11) is 0. The van der Waals surface area contributed by atoms with Crippen LogP contribution in [0.1, 0.15) is 6.42 Å². The number of nitrogens with two attached hydrogens (primary N) is 1. The summed E-state index contributed by atoms with van der Waals surface area (Å²) in [5.74, 6) is -3.08. The molecule has 0 aliphatic rings. The first-order valence-electron chi connectivity index (χ1n) is 2.20. The Labute approximate surface area is 104 Å². The fraction of sp³-hybridized carbons (Fsp3) is 0.500. The van der Waals surface area contributed by atoms with Crippen molar-refractivity contribution in [2.24, 2.45) is 5.73 Å². The van der Waals surface area contributed by atoms with E-state index in [1.807, 2.05) is 0 Å². The molecule has 0 fully saturated rings. The van der Waals surface area contributed by atoms with Gasteiger partial charge in [0, 0.05) is 18.4 Å². The van der Waals surface area contributed by atoms with Crippen molar-refractivity contribution in [2.45, 2.75) is 12.5 Å². The van der Waals surface area contributed by atoms with Gasteiger partial charge < -0.3 is 25.5 Å². The maximum Gasteiger partial charge on any atom is 2.00 e. The number of hydrogen-bond acceptors (Lipinski definition) is 5. The van der Waals surface area contributed by atoms with Gasteiger partial charge in [0.15, 0.2) is 0 Å². The van der Waals surface area contributed by atoms with Crippen molar-refractivity contribution < 1.29 is 19.8 Å². The molecular formula is C4H6BrCaNO4. The molecule has 0 aromatic heterocycles. The molecule has 0 aliphatic heterocycles. The molecule has 0 amide bonds. The van der Waals surface area contributed by atoms with Crippen LogP contribution in [0.3, 0.4) is 0 Å². The SMILES string of the molecule is Br.N[C@H](CC(=O)[O-])C(=O)[O-].[Ca+2]. The molecule has 0 bridgehead atoms. The van der Waals surface area contributed by atoms with Crippen molar-refractivity contribution >= 4 is 66.7 Å². The number of rotatable bonds is 3. The Morgan fingerprint density at radius 1 is 1.36 bits per heavy atom. The third-order valence-corrected chi connectivity index (χ3v) is 0.689. The number of carbonyl (C=O) groups is 2. The first kappa shape index (κ1) is 17.7. The van der Waals surface area contributed by atoms with E-state index >= 15 is 0 Å². The molecule has 2 N–H and O–H groups in total. The van der Waals surface area contributed by atoms with Gasteiger partial charge in [-0.3, -0.25) is 0 Å². The average Bonchev–Trinajstić information content (AvgIpc) is 1.63. The van der Waals surface area contributed by atoms with E-state index in [0.717, 1.165) is 0 Å². The monoisotopic (exact) mass is 251 g/mol. The zero-order chi connectivity index (χ0) is 7.44. The summed E-state index contributed by atoms with van der Waals surface area (Å²) in [5, 5.41) is 19.3. The second-order valence-electron chi connectivity index (χ2n) is 1.50. The second-order valence-corrected chi connectivity index (χ2v) is 1.50. The zero-order valence-electron chi connectivity index (χ0n) is 5.61. The maximum atomic E-state index is 9.71. The number of carboxylic acids is 2. The quantitative estimate of drug-likeness (QED) is 0.522. The summed E-state index contributed by atoms with van der Waals surface area (Å²) in [6, 6.07) is -1.46. The molecule has 1 atom stereocenters. The standard InChI is InChI=1S/C4H7NO4.BrH.Ca/c5-2(4(8)9)1-3(6)7;;/h2H,1,5H2,(H,6,7)(H,8,9);1H;/q;;+2/p-2/t2-;;/m1../s1. The van der Waals surface area contributed by atoms with E-state index in [2.05, 4.69) is 0 Å². The number of aliphatic carboxylic acids is 2. The minimum absolute atomic E-state index is 0. The van der Waals surface area contributed by atoms with E-state index in [9.17, 15) is 19.8 Å². The molecule has 0 aromatic rings. The number of carbonyl (C=O) groups excluding carboxylic acids is 2. The van der Waals surface area contributed by atoms with Crippen LogP contribution in [0.25, 0.3) is 0 Å². The molecule has 0 radical (unpaired) electrons. The summed E-state index contributed by atoms with van der Waals surface area (Å²) in [6.07, 6.45) is -0.706.